The van der Waals surface area contributed by atoms with Crippen molar-refractivity contribution in [2.24, 2.45) is 0 Å². The Kier molecular flexibility index (Phi) is 6.03. The van der Waals surface area contributed by atoms with Gasteiger partial charge in [-0.2, -0.15) is 4.98 Å². The second-order valence-corrected chi connectivity index (χ2v) is 6.93. The number of anilines is 1. The molecule has 0 radical (unpaired) electrons. The monoisotopic (exact) mass is 415 g/mol. The SMILES string of the molecule is O=C(C(=O)N1CCN(c2nccc(Oc3ccc(F)cc3)n2)CC1)N1CCOCC1. The standard InChI is InChI=1S/C20H22FN5O4/c21-15-1-3-16(4-2-15)30-17-5-6-22-20(23-17)26-9-7-24(8-10-26)18(27)19(28)25-11-13-29-14-12-25/h1-6H,7-14H2. The van der Waals surface area contributed by atoms with Gasteiger partial charge in [0, 0.05) is 51.5 Å². The van der Waals surface area contributed by atoms with Gasteiger partial charge in [0.25, 0.3) is 0 Å². The topological polar surface area (TPSA) is 88.1 Å². The highest BCUT2D eigenvalue weighted by Gasteiger charge is 2.30. The number of halogens is 1. The van der Waals surface area contributed by atoms with E-state index in [4.69, 9.17) is 9.47 Å². The van der Waals surface area contributed by atoms with Crippen molar-refractivity contribution in [3.8, 4) is 11.6 Å². The number of hydrogen-bond donors (Lipinski definition) is 0. The van der Waals surface area contributed by atoms with Gasteiger partial charge in [-0.15, -0.1) is 0 Å². The second-order valence-electron chi connectivity index (χ2n) is 6.93. The predicted molar refractivity (Wildman–Crippen MR) is 105 cm³/mol. The van der Waals surface area contributed by atoms with Crippen LogP contribution in [0.15, 0.2) is 36.5 Å². The summed E-state index contributed by atoms with van der Waals surface area (Å²) in [6.45, 7) is 3.62. The summed E-state index contributed by atoms with van der Waals surface area (Å²) >= 11 is 0. The molecule has 3 heterocycles. The van der Waals surface area contributed by atoms with E-state index in [1.807, 2.05) is 4.90 Å². The Morgan fingerprint density at radius 2 is 1.53 bits per heavy atom. The lowest BCUT2D eigenvalue weighted by Gasteiger charge is -2.35. The molecule has 9 nitrogen and oxygen atoms in total. The van der Waals surface area contributed by atoms with Crippen molar-refractivity contribution in [2.75, 3.05) is 57.4 Å². The van der Waals surface area contributed by atoms with Crippen LogP contribution in [0, 0.1) is 5.82 Å². The highest BCUT2D eigenvalue weighted by Crippen LogP contribution is 2.21. The number of carbonyl (C=O) groups is 2. The number of carbonyl (C=O) groups excluding carboxylic acids is 2. The first-order valence-corrected chi connectivity index (χ1v) is 9.77. The quantitative estimate of drug-likeness (QED) is 0.689. The van der Waals surface area contributed by atoms with Crippen LogP contribution >= 0.6 is 0 Å². The molecule has 0 bridgehead atoms. The van der Waals surface area contributed by atoms with Crippen LogP contribution in [-0.2, 0) is 14.3 Å². The molecule has 2 aromatic rings. The maximum atomic E-state index is 13.0. The van der Waals surface area contributed by atoms with Crippen LogP contribution in [-0.4, -0.2) is 84.1 Å². The van der Waals surface area contributed by atoms with Crippen LogP contribution in [0.25, 0.3) is 0 Å². The number of nitrogens with zero attached hydrogens (tertiary/aromatic N) is 5. The van der Waals surface area contributed by atoms with Gasteiger partial charge in [-0.25, -0.2) is 9.37 Å². The number of rotatable bonds is 3. The summed E-state index contributed by atoms with van der Waals surface area (Å²) in [5.41, 5.74) is 0. The summed E-state index contributed by atoms with van der Waals surface area (Å²) in [6, 6.07) is 7.28. The zero-order valence-electron chi connectivity index (χ0n) is 16.4. The van der Waals surface area contributed by atoms with Gasteiger partial charge in [-0.1, -0.05) is 0 Å². The van der Waals surface area contributed by atoms with Crippen LogP contribution in [0.5, 0.6) is 11.6 Å². The molecule has 0 unspecified atom stereocenters. The number of aromatic nitrogens is 2. The zero-order chi connectivity index (χ0) is 20.9. The van der Waals surface area contributed by atoms with Gasteiger partial charge in [0.05, 0.1) is 13.2 Å². The molecule has 2 aliphatic heterocycles. The number of hydrogen-bond acceptors (Lipinski definition) is 7. The Labute approximate surface area is 173 Å². The van der Waals surface area contributed by atoms with E-state index in [0.717, 1.165) is 0 Å². The molecule has 0 atom stereocenters. The van der Waals surface area contributed by atoms with Gasteiger partial charge in [0.15, 0.2) is 0 Å². The summed E-state index contributed by atoms with van der Waals surface area (Å²) in [5, 5.41) is 0. The van der Waals surface area contributed by atoms with E-state index in [-0.39, 0.29) is 5.82 Å². The van der Waals surface area contributed by atoms with Crippen molar-refractivity contribution in [3.05, 3.63) is 42.3 Å². The third-order valence-corrected chi connectivity index (χ3v) is 4.98. The fourth-order valence-corrected chi connectivity index (χ4v) is 3.31. The number of morpholine rings is 1. The van der Waals surface area contributed by atoms with Gasteiger partial charge in [0.2, 0.25) is 11.8 Å². The van der Waals surface area contributed by atoms with Crippen molar-refractivity contribution < 1.29 is 23.5 Å². The minimum atomic E-state index is -0.481. The van der Waals surface area contributed by atoms with E-state index in [1.165, 1.54) is 29.2 Å². The molecule has 2 fully saturated rings. The maximum Gasteiger partial charge on any atom is 0.312 e. The number of piperazine rings is 1. The Hall–Kier alpha value is -3.27. The molecule has 1 aromatic heterocycles. The lowest BCUT2D eigenvalue weighted by molar-refractivity contribution is -0.154. The van der Waals surface area contributed by atoms with Crippen molar-refractivity contribution in [3.63, 3.8) is 0 Å². The van der Waals surface area contributed by atoms with E-state index in [2.05, 4.69) is 9.97 Å². The predicted octanol–water partition coefficient (Wildman–Crippen LogP) is 0.915. The summed E-state index contributed by atoms with van der Waals surface area (Å²) in [7, 11) is 0. The molecule has 2 amide bonds. The van der Waals surface area contributed by atoms with E-state index >= 15 is 0 Å². The van der Waals surface area contributed by atoms with Crippen LogP contribution in [0.4, 0.5) is 10.3 Å². The summed E-state index contributed by atoms with van der Waals surface area (Å²) < 4.78 is 23.9. The molecule has 30 heavy (non-hydrogen) atoms. The van der Waals surface area contributed by atoms with E-state index in [1.54, 1.807) is 17.2 Å². The number of amides is 2. The Morgan fingerprint density at radius 1 is 0.900 bits per heavy atom. The third kappa shape index (κ3) is 4.65. The average molecular weight is 415 g/mol. The molecular weight excluding hydrogens is 393 g/mol. The lowest BCUT2D eigenvalue weighted by Crippen LogP contribution is -2.55. The fraction of sp³-hybridized carbons (Fsp3) is 0.400. The normalized spacial score (nSPS) is 17.0. The van der Waals surface area contributed by atoms with Crippen molar-refractivity contribution >= 4 is 17.8 Å². The van der Waals surface area contributed by atoms with Gasteiger partial charge >= 0.3 is 11.8 Å². The maximum absolute atomic E-state index is 13.0. The molecule has 158 valence electrons. The summed E-state index contributed by atoms with van der Waals surface area (Å²) in [4.78, 5) is 38.6. The van der Waals surface area contributed by atoms with E-state index < -0.39 is 11.8 Å². The summed E-state index contributed by atoms with van der Waals surface area (Å²) in [5.74, 6) is -0.0132. The Balaban J connectivity index is 1.34. The molecule has 0 spiro atoms. The number of benzene rings is 1. The first-order chi connectivity index (χ1) is 14.6. The molecule has 1 aromatic carbocycles. The van der Waals surface area contributed by atoms with Crippen LogP contribution in [0.3, 0.4) is 0 Å². The van der Waals surface area contributed by atoms with Crippen LogP contribution < -0.4 is 9.64 Å². The summed E-state index contributed by atoms with van der Waals surface area (Å²) in [6.07, 6.45) is 1.58. The largest absolute Gasteiger partial charge is 0.439 e. The molecule has 0 aliphatic carbocycles. The smallest absolute Gasteiger partial charge is 0.312 e. The second kappa shape index (κ2) is 9.04. The zero-order valence-corrected chi connectivity index (χ0v) is 16.4. The highest BCUT2D eigenvalue weighted by molar-refractivity contribution is 6.34. The lowest BCUT2D eigenvalue weighted by atomic mass is 10.3. The van der Waals surface area contributed by atoms with Crippen molar-refractivity contribution in [2.45, 2.75) is 0 Å². The average Bonchev–Trinajstić information content (AvgIpc) is 2.80. The molecule has 4 rings (SSSR count). The van der Waals surface area contributed by atoms with Gasteiger partial charge in [-0.05, 0) is 24.3 Å². The minimum absolute atomic E-state index is 0.340. The highest BCUT2D eigenvalue weighted by atomic mass is 19.1. The van der Waals surface area contributed by atoms with E-state index in [9.17, 15) is 14.0 Å². The Bertz CT molecular complexity index is 896. The molecule has 10 heteroatoms. The fourth-order valence-electron chi connectivity index (χ4n) is 3.31. The third-order valence-electron chi connectivity index (χ3n) is 4.98. The molecule has 0 N–H and O–H groups in total. The van der Waals surface area contributed by atoms with Crippen molar-refractivity contribution in [1.82, 2.24) is 19.8 Å². The van der Waals surface area contributed by atoms with Crippen molar-refractivity contribution in [1.29, 1.82) is 0 Å². The van der Waals surface area contributed by atoms with Gasteiger partial charge < -0.3 is 24.2 Å². The van der Waals surface area contributed by atoms with Gasteiger partial charge in [0.1, 0.15) is 11.6 Å². The number of ether oxygens (including phenoxy) is 2. The molecule has 0 saturated carbocycles. The minimum Gasteiger partial charge on any atom is -0.439 e. The van der Waals surface area contributed by atoms with Crippen LogP contribution in [0.1, 0.15) is 0 Å². The van der Waals surface area contributed by atoms with Crippen LogP contribution in [0.2, 0.25) is 0 Å². The van der Waals surface area contributed by atoms with Gasteiger partial charge in [-0.3, -0.25) is 9.59 Å². The molecular formula is C20H22FN5O4. The first-order valence-electron chi connectivity index (χ1n) is 9.77. The molecule has 2 aliphatic rings. The molecule has 2 saturated heterocycles. The Morgan fingerprint density at radius 3 is 2.20 bits per heavy atom. The first kappa shape index (κ1) is 20.0. The van der Waals surface area contributed by atoms with E-state index in [0.29, 0.717) is 70.1 Å².